The molecule has 1 amide bonds. The van der Waals surface area contributed by atoms with Crippen LogP contribution in [0, 0.1) is 6.92 Å². The number of amides is 1. The summed E-state index contributed by atoms with van der Waals surface area (Å²) < 4.78 is 12.8. The van der Waals surface area contributed by atoms with E-state index in [9.17, 15) is 4.79 Å². The van der Waals surface area contributed by atoms with Gasteiger partial charge in [0, 0.05) is 35.7 Å². The first-order valence-corrected chi connectivity index (χ1v) is 14.1. The minimum absolute atomic E-state index is 0.423. The van der Waals surface area contributed by atoms with Crippen LogP contribution in [-0.2, 0) is 11.2 Å². The van der Waals surface area contributed by atoms with E-state index < -0.39 is 11.7 Å². The van der Waals surface area contributed by atoms with Crippen molar-refractivity contribution >= 4 is 28.9 Å². The van der Waals surface area contributed by atoms with Gasteiger partial charge in [0.2, 0.25) is 0 Å². The molecule has 0 aliphatic carbocycles. The minimum Gasteiger partial charge on any atom is -0.496 e. The first-order valence-electron chi connectivity index (χ1n) is 14.1. The van der Waals surface area contributed by atoms with Gasteiger partial charge >= 0.3 is 6.09 Å². The summed E-state index contributed by atoms with van der Waals surface area (Å²) in [6.07, 6.45) is 7.72. The Morgan fingerprint density at radius 1 is 1.02 bits per heavy atom. The Labute approximate surface area is 248 Å². The number of nitrogens with one attached hydrogen (secondary N) is 3. The normalized spacial score (nSPS) is 14.7. The Bertz CT molecular complexity index is 1510. The van der Waals surface area contributed by atoms with Crippen molar-refractivity contribution in [3.8, 4) is 5.75 Å². The predicted octanol–water partition coefficient (Wildman–Crippen LogP) is 6.76. The Morgan fingerprint density at radius 2 is 1.76 bits per heavy atom. The number of allylic oxidation sites excluding steroid dienone is 3. The molecule has 0 saturated carbocycles. The largest absolute Gasteiger partial charge is 0.496 e. The van der Waals surface area contributed by atoms with Crippen molar-refractivity contribution in [2.45, 2.75) is 46.1 Å². The van der Waals surface area contributed by atoms with Gasteiger partial charge in [-0.2, -0.15) is 5.10 Å². The van der Waals surface area contributed by atoms with Crippen molar-refractivity contribution in [3.05, 3.63) is 108 Å². The predicted molar refractivity (Wildman–Crippen MR) is 171 cm³/mol. The van der Waals surface area contributed by atoms with Crippen molar-refractivity contribution in [2.24, 2.45) is 0 Å². The molecule has 3 N–H and O–H groups in total. The average Bonchev–Trinajstić information content (AvgIpc) is 3.34. The van der Waals surface area contributed by atoms with Crippen molar-refractivity contribution in [1.82, 2.24) is 20.4 Å². The molecule has 0 bridgehead atoms. The van der Waals surface area contributed by atoms with Crippen molar-refractivity contribution in [3.63, 3.8) is 0 Å². The van der Waals surface area contributed by atoms with Crippen molar-refractivity contribution < 1.29 is 14.3 Å². The third-order valence-electron chi connectivity index (χ3n) is 6.64. The van der Waals surface area contributed by atoms with Crippen LogP contribution in [0.15, 0.2) is 79.9 Å². The van der Waals surface area contributed by atoms with E-state index in [2.05, 4.69) is 71.6 Å². The standard InChI is InChI=1S/C34H41N5O3/c1-23-13-14-27(21-32(23)41-7)31-12-10-8-9-11-29-22-30(38-39(29)31)25(3)37-28-17-15-26(16-18-28)24(2)35-19-20-36-33(40)42-34(4,5)6/h8,10,12-18,21-22,35,37H,2-3,9,11,19-20H2,1,4-7H3,(H,36,40)/b10-8-,31-12-. The van der Waals surface area contributed by atoms with Crippen LogP contribution in [0.1, 0.15) is 55.3 Å². The highest BCUT2D eigenvalue weighted by Crippen LogP contribution is 2.29. The Balaban J connectivity index is 1.39. The van der Waals surface area contributed by atoms with Crippen LogP contribution in [0.25, 0.3) is 17.1 Å². The first kappa shape index (κ1) is 30.2. The lowest BCUT2D eigenvalue weighted by atomic mass is 10.1. The molecule has 8 heteroatoms. The minimum atomic E-state index is -0.522. The molecule has 8 nitrogen and oxygen atoms in total. The number of fused-ring (bicyclic) bond motifs is 1. The second kappa shape index (κ2) is 13.3. The molecule has 42 heavy (non-hydrogen) atoms. The van der Waals surface area contributed by atoms with E-state index in [0.29, 0.717) is 18.8 Å². The first-order chi connectivity index (χ1) is 20.0. The van der Waals surface area contributed by atoms with Gasteiger partial charge < -0.3 is 25.4 Å². The Kier molecular flexibility index (Phi) is 9.57. The second-order valence-electron chi connectivity index (χ2n) is 11.2. The fourth-order valence-electron chi connectivity index (χ4n) is 4.50. The summed E-state index contributed by atoms with van der Waals surface area (Å²) in [6, 6.07) is 16.2. The van der Waals surface area contributed by atoms with Crippen LogP contribution in [0.3, 0.4) is 0 Å². The second-order valence-corrected chi connectivity index (χ2v) is 11.2. The number of ether oxygens (including phenoxy) is 2. The van der Waals surface area contributed by atoms with Gasteiger partial charge in [-0.05, 0) is 82.0 Å². The molecule has 1 aliphatic heterocycles. The molecule has 220 valence electrons. The number of aryl methyl sites for hydroxylation is 2. The number of rotatable bonds is 10. The number of nitrogens with zero attached hydrogens (tertiary/aromatic N) is 2. The van der Waals surface area contributed by atoms with Crippen LogP contribution in [-0.4, -0.2) is 41.7 Å². The number of anilines is 1. The molecule has 2 heterocycles. The number of hydrogen-bond donors (Lipinski definition) is 3. The van der Waals surface area contributed by atoms with Gasteiger partial charge in [0.1, 0.15) is 17.0 Å². The third-order valence-corrected chi connectivity index (χ3v) is 6.64. The summed E-state index contributed by atoms with van der Waals surface area (Å²) >= 11 is 0. The lowest BCUT2D eigenvalue weighted by Crippen LogP contribution is -2.36. The number of aromatic nitrogens is 2. The van der Waals surface area contributed by atoms with E-state index in [0.717, 1.165) is 63.8 Å². The molecule has 0 saturated heterocycles. The SMILES string of the molecule is C=C(NCCNC(=O)OC(C)(C)C)c1ccc(NC(=C)c2cc3n(n2)/C(c2ccc(C)c(OC)c2)=C\C=C/CC3)cc1. The van der Waals surface area contributed by atoms with E-state index >= 15 is 0 Å². The van der Waals surface area contributed by atoms with Gasteiger partial charge in [-0.1, -0.05) is 49.6 Å². The lowest BCUT2D eigenvalue weighted by molar-refractivity contribution is 0.0529. The van der Waals surface area contributed by atoms with E-state index in [4.69, 9.17) is 14.6 Å². The zero-order valence-electron chi connectivity index (χ0n) is 25.2. The molecular weight excluding hydrogens is 526 g/mol. The Hall–Kier alpha value is -4.72. The van der Waals surface area contributed by atoms with Crippen LogP contribution in [0.2, 0.25) is 0 Å². The topological polar surface area (TPSA) is 89.4 Å². The van der Waals surface area contributed by atoms with Gasteiger partial charge in [0.15, 0.2) is 0 Å². The Morgan fingerprint density at radius 3 is 2.48 bits per heavy atom. The highest BCUT2D eigenvalue weighted by molar-refractivity contribution is 5.76. The summed E-state index contributed by atoms with van der Waals surface area (Å²) in [7, 11) is 1.69. The van der Waals surface area contributed by atoms with Gasteiger partial charge in [0.25, 0.3) is 0 Å². The molecule has 4 rings (SSSR count). The molecule has 3 aromatic rings. The summed E-state index contributed by atoms with van der Waals surface area (Å²) in [5.74, 6) is 0.846. The molecule has 1 aromatic heterocycles. The number of carbonyl (C=O) groups is 1. The number of carbonyl (C=O) groups excluding carboxylic acids is 1. The van der Waals surface area contributed by atoms with Crippen LogP contribution < -0.4 is 20.7 Å². The summed E-state index contributed by atoms with van der Waals surface area (Å²) in [6.45, 7) is 16.9. The van der Waals surface area contributed by atoms with E-state index in [1.165, 1.54) is 0 Å². The molecule has 0 radical (unpaired) electrons. The zero-order chi connectivity index (χ0) is 30.3. The van der Waals surface area contributed by atoms with E-state index in [1.54, 1.807) is 7.11 Å². The molecule has 2 aromatic carbocycles. The van der Waals surface area contributed by atoms with Crippen molar-refractivity contribution in [1.29, 1.82) is 0 Å². The summed E-state index contributed by atoms with van der Waals surface area (Å²) in [5, 5.41) is 14.3. The molecule has 0 unspecified atom stereocenters. The maximum Gasteiger partial charge on any atom is 0.407 e. The van der Waals surface area contributed by atoms with E-state index in [-0.39, 0.29) is 0 Å². The summed E-state index contributed by atoms with van der Waals surface area (Å²) in [5.41, 5.74) is 7.79. The summed E-state index contributed by atoms with van der Waals surface area (Å²) in [4.78, 5) is 11.8. The molecule has 1 aliphatic rings. The van der Waals surface area contributed by atoms with Gasteiger partial charge in [-0.3, -0.25) is 0 Å². The quantitative estimate of drug-likeness (QED) is 0.235. The number of alkyl carbamates (subject to hydrolysis) is 1. The van der Waals surface area contributed by atoms with Gasteiger partial charge in [0.05, 0.1) is 18.5 Å². The zero-order valence-corrected chi connectivity index (χ0v) is 25.2. The maximum absolute atomic E-state index is 11.8. The number of hydrogen-bond acceptors (Lipinski definition) is 6. The highest BCUT2D eigenvalue weighted by atomic mass is 16.6. The fraction of sp³-hybridized carbons (Fsp3) is 0.294. The number of methoxy groups -OCH3 is 1. The molecule has 0 atom stereocenters. The van der Waals surface area contributed by atoms with Gasteiger partial charge in [-0.25, -0.2) is 9.48 Å². The monoisotopic (exact) mass is 567 g/mol. The van der Waals surface area contributed by atoms with Crippen LogP contribution in [0.4, 0.5) is 10.5 Å². The van der Waals surface area contributed by atoms with Crippen LogP contribution >= 0.6 is 0 Å². The smallest absolute Gasteiger partial charge is 0.407 e. The highest BCUT2D eigenvalue weighted by Gasteiger charge is 2.17. The van der Waals surface area contributed by atoms with Crippen LogP contribution in [0.5, 0.6) is 5.75 Å². The molecular formula is C34H41N5O3. The lowest BCUT2D eigenvalue weighted by Gasteiger charge is -2.20. The van der Waals surface area contributed by atoms with E-state index in [1.807, 2.05) is 56.6 Å². The molecule has 0 spiro atoms. The fourth-order valence-corrected chi connectivity index (χ4v) is 4.50. The number of benzene rings is 2. The third kappa shape index (κ3) is 7.94. The van der Waals surface area contributed by atoms with Gasteiger partial charge in [-0.15, -0.1) is 0 Å². The average molecular weight is 568 g/mol. The van der Waals surface area contributed by atoms with Crippen molar-refractivity contribution in [2.75, 3.05) is 25.5 Å². The maximum atomic E-state index is 11.8. The molecule has 0 fully saturated rings.